The zero-order chi connectivity index (χ0) is 22.1. The number of rotatable bonds is 4. The Bertz CT molecular complexity index is 1060. The number of hydrogen-bond acceptors (Lipinski definition) is 6. The normalized spacial score (nSPS) is 18.9. The van der Waals surface area contributed by atoms with E-state index in [-0.39, 0.29) is 11.3 Å². The molecule has 8 heteroatoms. The molecule has 1 amide bonds. The highest BCUT2D eigenvalue weighted by Crippen LogP contribution is 2.39. The Morgan fingerprint density at radius 2 is 2.00 bits per heavy atom. The summed E-state index contributed by atoms with van der Waals surface area (Å²) in [6, 6.07) is 6.91. The molecule has 2 aliphatic rings. The number of piperidine rings is 1. The molecular weight excluding hydrogens is 412 g/mol. The number of thiophene rings is 1. The molecule has 1 aliphatic heterocycles. The van der Waals surface area contributed by atoms with Crippen molar-refractivity contribution in [3.8, 4) is 6.07 Å². The van der Waals surface area contributed by atoms with Crippen molar-refractivity contribution in [1.82, 2.24) is 0 Å². The Morgan fingerprint density at radius 3 is 2.68 bits per heavy atom. The number of nitriles is 1. The van der Waals surface area contributed by atoms with Crippen molar-refractivity contribution in [2.45, 2.75) is 46.0 Å². The molecule has 1 aromatic carbocycles. The standard InChI is InChI=1S/C23H26N4O3S/c1-14-7-9-26(10-8-14)19-6-4-16(12-20(19)27(29)30)22(28)25-23-18(13-24)17-5-3-15(2)11-21(17)31-23/h4,6,12,14-15H,3,5,7-11H2,1-2H3,(H,25,28)/t15-/m0/s1. The zero-order valence-electron chi connectivity index (χ0n) is 17.8. The summed E-state index contributed by atoms with van der Waals surface area (Å²) < 4.78 is 0. The molecule has 1 fully saturated rings. The average Bonchev–Trinajstić information content (AvgIpc) is 3.09. The molecule has 2 aromatic rings. The SMILES string of the molecule is CC1CCN(c2ccc(C(=O)Nc3sc4c(c3C#N)CC[C@H](C)C4)cc2[N+](=O)[O-])CC1. The van der Waals surface area contributed by atoms with Gasteiger partial charge in [0.15, 0.2) is 0 Å². The number of amides is 1. The highest BCUT2D eigenvalue weighted by molar-refractivity contribution is 7.16. The fourth-order valence-electron chi connectivity index (χ4n) is 4.46. The fourth-order valence-corrected chi connectivity index (χ4v) is 5.82. The van der Waals surface area contributed by atoms with Gasteiger partial charge in [0.1, 0.15) is 16.8 Å². The fraction of sp³-hybridized carbons (Fsp3) is 0.478. The van der Waals surface area contributed by atoms with Gasteiger partial charge in [0.05, 0.1) is 10.5 Å². The summed E-state index contributed by atoms with van der Waals surface area (Å²) in [6.07, 6.45) is 4.80. The molecule has 162 valence electrons. The first-order valence-electron chi connectivity index (χ1n) is 10.8. The maximum absolute atomic E-state index is 12.9. The molecule has 0 spiro atoms. The lowest BCUT2D eigenvalue weighted by Crippen LogP contribution is -2.33. The molecule has 7 nitrogen and oxygen atoms in total. The van der Waals surface area contributed by atoms with Crippen LogP contribution in [-0.2, 0) is 12.8 Å². The first-order chi connectivity index (χ1) is 14.9. The van der Waals surface area contributed by atoms with E-state index in [4.69, 9.17) is 0 Å². The largest absolute Gasteiger partial charge is 0.366 e. The van der Waals surface area contributed by atoms with Crippen molar-refractivity contribution in [3.63, 3.8) is 0 Å². The maximum atomic E-state index is 12.9. The van der Waals surface area contributed by atoms with E-state index >= 15 is 0 Å². The molecule has 1 atom stereocenters. The minimum Gasteiger partial charge on any atom is -0.366 e. The van der Waals surface area contributed by atoms with Crippen LogP contribution in [0, 0.1) is 33.3 Å². The minimum atomic E-state index is -0.426. The third-order valence-electron chi connectivity index (χ3n) is 6.41. The van der Waals surface area contributed by atoms with E-state index in [2.05, 4.69) is 25.2 Å². The van der Waals surface area contributed by atoms with Crippen molar-refractivity contribution in [3.05, 3.63) is 49.9 Å². The van der Waals surface area contributed by atoms with Crippen molar-refractivity contribution in [1.29, 1.82) is 5.26 Å². The molecule has 1 saturated heterocycles. The van der Waals surface area contributed by atoms with Gasteiger partial charge < -0.3 is 10.2 Å². The second-order valence-electron chi connectivity index (χ2n) is 8.75. The Hall–Kier alpha value is -2.92. The number of carbonyl (C=O) groups is 1. The van der Waals surface area contributed by atoms with E-state index in [1.165, 1.54) is 17.4 Å². The predicted molar refractivity (Wildman–Crippen MR) is 122 cm³/mol. The second kappa shape index (κ2) is 8.67. The zero-order valence-corrected chi connectivity index (χ0v) is 18.6. The molecule has 0 radical (unpaired) electrons. The third-order valence-corrected chi connectivity index (χ3v) is 7.58. The lowest BCUT2D eigenvalue weighted by molar-refractivity contribution is -0.384. The van der Waals surface area contributed by atoms with Gasteiger partial charge in [-0.3, -0.25) is 14.9 Å². The number of nitrogens with one attached hydrogen (secondary N) is 1. The summed E-state index contributed by atoms with van der Waals surface area (Å²) in [7, 11) is 0. The molecule has 0 bridgehead atoms. The monoisotopic (exact) mass is 438 g/mol. The summed E-state index contributed by atoms with van der Waals surface area (Å²) >= 11 is 1.45. The third kappa shape index (κ3) is 4.28. The van der Waals surface area contributed by atoms with E-state index < -0.39 is 10.8 Å². The summed E-state index contributed by atoms with van der Waals surface area (Å²) in [5, 5.41) is 24.8. The Morgan fingerprint density at radius 1 is 1.26 bits per heavy atom. The van der Waals surface area contributed by atoms with Gasteiger partial charge in [-0.2, -0.15) is 5.26 Å². The molecular formula is C23H26N4O3S. The van der Waals surface area contributed by atoms with Crippen LogP contribution >= 0.6 is 11.3 Å². The van der Waals surface area contributed by atoms with Crippen molar-refractivity contribution >= 4 is 33.6 Å². The number of nitro groups is 1. The lowest BCUT2D eigenvalue weighted by atomic mass is 9.88. The molecule has 0 unspecified atom stereocenters. The number of fused-ring (bicyclic) bond motifs is 1. The van der Waals surface area contributed by atoms with E-state index in [9.17, 15) is 20.2 Å². The van der Waals surface area contributed by atoms with Gasteiger partial charge in [-0.15, -0.1) is 11.3 Å². The van der Waals surface area contributed by atoms with Crippen LogP contribution in [0.2, 0.25) is 0 Å². The Balaban J connectivity index is 1.59. The molecule has 0 saturated carbocycles. The number of anilines is 2. The van der Waals surface area contributed by atoms with E-state index in [1.54, 1.807) is 12.1 Å². The van der Waals surface area contributed by atoms with Crippen LogP contribution < -0.4 is 10.2 Å². The number of benzene rings is 1. The molecule has 1 aliphatic carbocycles. The molecule has 2 heterocycles. The van der Waals surface area contributed by atoms with Crippen LogP contribution in [0.5, 0.6) is 0 Å². The topological polar surface area (TPSA) is 99.3 Å². The van der Waals surface area contributed by atoms with Gasteiger partial charge in [-0.25, -0.2) is 0 Å². The lowest BCUT2D eigenvalue weighted by Gasteiger charge is -2.31. The number of carbonyl (C=O) groups excluding carboxylic acids is 1. The Kier molecular flexibility index (Phi) is 5.96. The predicted octanol–water partition coefficient (Wildman–Crippen LogP) is 5.14. The molecule has 31 heavy (non-hydrogen) atoms. The van der Waals surface area contributed by atoms with E-state index in [0.29, 0.717) is 28.1 Å². The highest BCUT2D eigenvalue weighted by Gasteiger charge is 2.27. The summed E-state index contributed by atoms with van der Waals surface area (Å²) in [6.45, 7) is 5.94. The number of nitro benzene ring substituents is 1. The van der Waals surface area contributed by atoms with Crippen LogP contribution in [0.25, 0.3) is 0 Å². The Labute approximate surface area is 185 Å². The van der Waals surface area contributed by atoms with Gasteiger partial charge in [0.2, 0.25) is 0 Å². The molecule has 4 rings (SSSR count). The highest BCUT2D eigenvalue weighted by atomic mass is 32.1. The van der Waals surface area contributed by atoms with Crippen LogP contribution in [0.1, 0.15) is 59.5 Å². The van der Waals surface area contributed by atoms with Gasteiger partial charge in [-0.05, 0) is 61.6 Å². The van der Waals surface area contributed by atoms with Crippen molar-refractivity contribution in [2.24, 2.45) is 11.8 Å². The van der Waals surface area contributed by atoms with Gasteiger partial charge >= 0.3 is 0 Å². The maximum Gasteiger partial charge on any atom is 0.293 e. The van der Waals surface area contributed by atoms with Crippen molar-refractivity contribution < 1.29 is 9.72 Å². The summed E-state index contributed by atoms with van der Waals surface area (Å²) in [5.41, 5.74) is 2.31. The van der Waals surface area contributed by atoms with Crippen molar-refractivity contribution in [2.75, 3.05) is 23.3 Å². The summed E-state index contributed by atoms with van der Waals surface area (Å²) in [4.78, 5) is 27.4. The van der Waals surface area contributed by atoms with Crippen LogP contribution in [-0.4, -0.2) is 23.9 Å². The van der Waals surface area contributed by atoms with Crippen LogP contribution in [0.4, 0.5) is 16.4 Å². The second-order valence-corrected chi connectivity index (χ2v) is 9.86. The van der Waals surface area contributed by atoms with Gasteiger partial charge in [-0.1, -0.05) is 13.8 Å². The average molecular weight is 439 g/mol. The summed E-state index contributed by atoms with van der Waals surface area (Å²) in [5.74, 6) is 0.758. The van der Waals surface area contributed by atoms with E-state index in [1.807, 2.05) is 4.90 Å². The van der Waals surface area contributed by atoms with E-state index in [0.717, 1.165) is 55.6 Å². The number of hydrogen-bond donors (Lipinski definition) is 1. The first-order valence-corrected chi connectivity index (χ1v) is 11.6. The van der Waals surface area contributed by atoms with Gasteiger partial charge in [0.25, 0.3) is 11.6 Å². The molecule has 1 N–H and O–H groups in total. The van der Waals surface area contributed by atoms with Crippen LogP contribution in [0.15, 0.2) is 18.2 Å². The smallest absolute Gasteiger partial charge is 0.293 e. The quantitative estimate of drug-likeness (QED) is 0.526. The minimum absolute atomic E-state index is 0.0537. The first kappa shape index (κ1) is 21.3. The van der Waals surface area contributed by atoms with Gasteiger partial charge in [0, 0.05) is 29.6 Å². The van der Waals surface area contributed by atoms with Crippen LogP contribution in [0.3, 0.4) is 0 Å². The number of nitrogens with zero attached hydrogens (tertiary/aromatic N) is 3. The molecule has 1 aromatic heterocycles.